The summed E-state index contributed by atoms with van der Waals surface area (Å²) in [7, 11) is 2.16. The summed E-state index contributed by atoms with van der Waals surface area (Å²) in [6.07, 6.45) is 4.18. The van der Waals surface area contributed by atoms with Crippen molar-refractivity contribution in [3.8, 4) is 5.75 Å². The van der Waals surface area contributed by atoms with E-state index in [9.17, 15) is 4.79 Å². The van der Waals surface area contributed by atoms with Crippen LogP contribution in [0.2, 0.25) is 0 Å². The number of carbonyl (C=O) groups is 1. The van der Waals surface area contributed by atoms with Crippen molar-refractivity contribution in [2.75, 3.05) is 61.9 Å². The van der Waals surface area contributed by atoms with Gasteiger partial charge in [0.15, 0.2) is 0 Å². The molecular weight excluding hydrogens is 478 g/mol. The Morgan fingerprint density at radius 1 is 1.11 bits per heavy atom. The van der Waals surface area contributed by atoms with Gasteiger partial charge in [0, 0.05) is 67.5 Å². The maximum Gasteiger partial charge on any atom is 0.256 e. The number of hydrogen-bond acceptors (Lipinski definition) is 8. The van der Waals surface area contributed by atoms with Gasteiger partial charge in [-0.2, -0.15) is 4.98 Å². The average Bonchev–Trinajstić information content (AvgIpc) is 3.35. The second-order valence-electron chi connectivity index (χ2n) is 9.71. The van der Waals surface area contributed by atoms with E-state index >= 15 is 0 Å². The van der Waals surface area contributed by atoms with Crippen LogP contribution in [-0.2, 0) is 0 Å². The van der Waals surface area contributed by atoms with Gasteiger partial charge in [-0.25, -0.2) is 4.98 Å². The number of benzene rings is 2. The Balaban J connectivity index is 1.36. The summed E-state index contributed by atoms with van der Waals surface area (Å²) in [5, 5.41) is 9.44. The van der Waals surface area contributed by atoms with E-state index in [-0.39, 0.29) is 5.91 Å². The molecule has 1 unspecified atom stereocenters. The molecule has 2 aliphatic rings. The fourth-order valence-electron chi connectivity index (χ4n) is 4.74. The maximum atomic E-state index is 12.9. The highest BCUT2D eigenvalue weighted by Gasteiger charge is 2.23. The number of aromatic nitrogens is 2. The molecule has 2 aromatic carbocycles. The van der Waals surface area contributed by atoms with Crippen LogP contribution in [0, 0.1) is 0 Å². The van der Waals surface area contributed by atoms with Crippen LogP contribution >= 0.6 is 0 Å². The number of nitrogens with one attached hydrogen (secondary N) is 3. The fourth-order valence-corrected chi connectivity index (χ4v) is 4.74. The zero-order chi connectivity index (χ0) is 26.5. The molecule has 0 aliphatic carbocycles. The highest BCUT2D eigenvalue weighted by molar-refractivity contribution is 5.99. The Morgan fingerprint density at radius 2 is 1.87 bits per heavy atom. The molecule has 38 heavy (non-hydrogen) atoms. The van der Waals surface area contributed by atoms with E-state index in [1.54, 1.807) is 12.3 Å². The van der Waals surface area contributed by atoms with Crippen molar-refractivity contribution >= 4 is 34.7 Å². The number of nitrogens with zero attached hydrogens (tertiary/aromatic N) is 4. The number of amides is 1. The second kappa shape index (κ2) is 11.5. The van der Waals surface area contributed by atoms with Crippen LogP contribution in [0.1, 0.15) is 35.2 Å². The predicted octanol–water partition coefficient (Wildman–Crippen LogP) is 4.52. The molecule has 1 aromatic heterocycles. The van der Waals surface area contributed by atoms with Crippen molar-refractivity contribution < 1.29 is 9.53 Å². The van der Waals surface area contributed by atoms with Gasteiger partial charge in [-0.3, -0.25) is 4.79 Å². The van der Waals surface area contributed by atoms with E-state index in [0.717, 1.165) is 49.7 Å². The van der Waals surface area contributed by atoms with Crippen LogP contribution in [0.15, 0.2) is 61.3 Å². The van der Waals surface area contributed by atoms with E-state index in [2.05, 4.69) is 74.5 Å². The van der Waals surface area contributed by atoms with Gasteiger partial charge in [0.05, 0.1) is 6.61 Å². The Kier molecular flexibility index (Phi) is 7.74. The summed E-state index contributed by atoms with van der Waals surface area (Å²) in [6, 6.07) is 14.3. The number of likely N-dealkylation sites (N-methyl/N-ethyl adjacent to an activating group) is 1. The maximum absolute atomic E-state index is 12.9. The average molecular weight is 514 g/mol. The largest absolute Gasteiger partial charge is 0.493 e. The van der Waals surface area contributed by atoms with E-state index < -0.39 is 0 Å². The first-order valence-corrected chi connectivity index (χ1v) is 13.1. The summed E-state index contributed by atoms with van der Waals surface area (Å²) in [5.74, 6) is 1.82. The number of piperazine rings is 1. The molecule has 0 spiro atoms. The highest BCUT2D eigenvalue weighted by Crippen LogP contribution is 2.38. The summed E-state index contributed by atoms with van der Waals surface area (Å²) in [6.45, 7) is 11.0. The predicted molar refractivity (Wildman–Crippen MR) is 152 cm³/mol. The standard InChI is InChI=1S/C29H35N7O2/c1-4-12-30-28(37)25-18-31-29(33-21-6-9-23(10-7-21)36-15-13-35(3)14-16-36)34-27(25)32-22-8-11-26-24(17-22)20(5-2)19-38-26/h4,6-11,17-18,20H,1,5,12-16,19H2,2-3H3,(H,30,37)(H2,31,32,33,34). The number of carbonyl (C=O) groups excluding carboxylic acids is 1. The SMILES string of the molecule is C=CCNC(=O)c1cnc(Nc2ccc(N3CCN(C)CC3)cc2)nc1Nc1ccc2c(c1)C(CC)CO2. The quantitative estimate of drug-likeness (QED) is 0.360. The lowest BCUT2D eigenvalue weighted by Crippen LogP contribution is -2.44. The minimum Gasteiger partial charge on any atom is -0.493 e. The number of rotatable bonds is 9. The molecule has 198 valence electrons. The van der Waals surface area contributed by atoms with E-state index in [1.165, 1.54) is 11.3 Å². The van der Waals surface area contributed by atoms with Gasteiger partial charge in [0.25, 0.3) is 5.91 Å². The first-order valence-electron chi connectivity index (χ1n) is 13.1. The van der Waals surface area contributed by atoms with Crippen molar-refractivity contribution in [2.45, 2.75) is 19.3 Å². The number of anilines is 5. The Hall–Kier alpha value is -4.11. The van der Waals surface area contributed by atoms with Gasteiger partial charge < -0.3 is 30.5 Å². The van der Waals surface area contributed by atoms with Crippen molar-refractivity contribution in [3.05, 3.63) is 72.4 Å². The van der Waals surface area contributed by atoms with Gasteiger partial charge >= 0.3 is 0 Å². The van der Waals surface area contributed by atoms with Gasteiger partial charge in [0.1, 0.15) is 17.1 Å². The molecule has 0 saturated carbocycles. The van der Waals surface area contributed by atoms with Gasteiger partial charge in [-0.1, -0.05) is 13.0 Å². The first kappa shape index (κ1) is 25.5. The van der Waals surface area contributed by atoms with Crippen molar-refractivity contribution in [2.24, 2.45) is 0 Å². The van der Waals surface area contributed by atoms with Crippen molar-refractivity contribution in [1.29, 1.82) is 0 Å². The molecule has 3 heterocycles. The third-order valence-electron chi connectivity index (χ3n) is 7.08. The fraction of sp³-hybridized carbons (Fsp3) is 0.345. The van der Waals surface area contributed by atoms with Crippen LogP contribution in [0.4, 0.5) is 28.8 Å². The lowest BCUT2D eigenvalue weighted by molar-refractivity contribution is 0.0958. The van der Waals surface area contributed by atoms with E-state index in [4.69, 9.17) is 4.74 Å². The van der Waals surface area contributed by atoms with Crippen LogP contribution in [0.3, 0.4) is 0 Å². The second-order valence-corrected chi connectivity index (χ2v) is 9.71. The van der Waals surface area contributed by atoms with Crippen LogP contribution < -0.4 is 25.6 Å². The molecule has 9 heteroatoms. The third kappa shape index (κ3) is 5.73. The minimum atomic E-state index is -0.272. The van der Waals surface area contributed by atoms with Crippen LogP contribution in [-0.4, -0.2) is 67.2 Å². The zero-order valence-corrected chi connectivity index (χ0v) is 22.0. The lowest BCUT2D eigenvalue weighted by atomic mass is 9.98. The summed E-state index contributed by atoms with van der Waals surface area (Å²) in [4.78, 5) is 26.7. The molecule has 1 amide bonds. The molecular formula is C29H35N7O2. The number of hydrogen-bond donors (Lipinski definition) is 3. The minimum absolute atomic E-state index is 0.272. The summed E-state index contributed by atoms with van der Waals surface area (Å²) in [5.41, 5.74) is 4.44. The zero-order valence-electron chi connectivity index (χ0n) is 22.0. The van der Waals surface area contributed by atoms with E-state index in [0.29, 0.717) is 36.4 Å². The monoisotopic (exact) mass is 513 g/mol. The Bertz CT molecular complexity index is 1290. The molecule has 0 radical (unpaired) electrons. The summed E-state index contributed by atoms with van der Waals surface area (Å²) < 4.78 is 5.81. The number of ether oxygens (including phenoxy) is 1. The van der Waals surface area contributed by atoms with E-state index in [1.807, 2.05) is 24.3 Å². The molecule has 1 fully saturated rings. The first-order chi connectivity index (χ1) is 18.5. The normalized spacial score (nSPS) is 16.9. The van der Waals surface area contributed by atoms with Crippen LogP contribution in [0.25, 0.3) is 0 Å². The third-order valence-corrected chi connectivity index (χ3v) is 7.08. The molecule has 3 N–H and O–H groups in total. The summed E-state index contributed by atoms with van der Waals surface area (Å²) >= 11 is 0. The topological polar surface area (TPSA) is 94.7 Å². The molecule has 0 bridgehead atoms. The molecule has 9 nitrogen and oxygen atoms in total. The Labute approximate surface area is 223 Å². The highest BCUT2D eigenvalue weighted by atomic mass is 16.5. The number of fused-ring (bicyclic) bond motifs is 1. The molecule has 2 aliphatic heterocycles. The molecule has 3 aromatic rings. The van der Waals surface area contributed by atoms with Crippen molar-refractivity contribution in [3.63, 3.8) is 0 Å². The molecule has 1 saturated heterocycles. The molecule has 5 rings (SSSR count). The van der Waals surface area contributed by atoms with Crippen LogP contribution in [0.5, 0.6) is 5.75 Å². The lowest BCUT2D eigenvalue weighted by Gasteiger charge is -2.34. The Morgan fingerprint density at radius 3 is 2.61 bits per heavy atom. The van der Waals surface area contributed by atoms with Gasteiger partial charge in [-0.05, 0) is 55.9 Å². The van der Waals surface area contributed by atoms with Crippen molar-refractivity contribution in [1.82, 2.24) is 20.2 Å². The van der Waals surface area contributed by atoms with Gasteiger partial charge in [-0.15, -0.1) is 6.58 Å². The smallest absolute Gasteiger partial charge is 0.256 e. The van der Waals surface area contributed by atoms with Gasteiger partial charge in [0.2, 0.25) is 5.95 Å². The molecule has 1 atom stereocenters.